The SMILES string of the molecule is Cc1cc(N2CCN(C)CC2)c2ccccc2n1.Cl. The molecule has 0 saturated carbocycles. The van der Waals surface area contributed by atoms with Gasteiger partial charge >= 0.3 is 0 Å². The maximum atomic E-state index is 4.61. The van der Waals surface area contributed by atoms with E-state index in [0.717, 1.165) is 37.4 Å². The normalized spacial score (nSPS) is 16.4. The second kappa shape index (κ2) is 5.76. The molecule has 0 unspecified atom stereocenters. The minimum atomic E-state index is 0. The van der Waals surface area contributed by atoms with Crippen LogP contribution in [0.2, 0.25) is 0 Å². The summed E-state index contributed by atoms with van der Waals surface area (Å²) in [6.07, 6.45) is 0. The lowest BCUT2D eigenvalue weighted by Gasteiger charge is -2.34. The lowest BCUT2D eigenvalue weighted by atomic mass is 10.1. The molecule has 0 radical (unpaired) electrons. The van der Waals surface area contributed by atoms with E-state index < -0.39 is 0 Å². The van der Waals surface area contributed by atoms with Crippen LogP contribution in [0.3, 0.4) is 0 Å². The fraction of sp³-hybridized carbons (Fsp3) is 0.400. The maximum absolute atomic E-state index is 4.61. The third kappa shape index (κ3) is 2.82. The van der Waals surface area contributed by atoms with Gasteiger partial charge in [0, 0.05) is 42.9 Å². The Hall–Kier alpha value is -1.32. The van der Waals surface area contributed by atoms with Crippen LogP contribution in [0.15, 0.2) is 30.3 Å². The number of likely N-dealkylation sites (N-methyl/N-ethyl adjacent to an activating group) is 1. The number of nitrogens with zero attached hydrogens (tertiary/aromatic N) is 3. The number of benzene rings is 1. The molecular formula is C15H20ClN3. The van der Waals surface area contributed by atoms with Crippen molar-refractivity contribution in [3.05, 3.63) is 36.0 Å². The van der Waals surface area contributed by atoms with Crippen LogP contribution >= 0.6 is 12.4 Å². The Morgan fingerprint density at radius 2 is 1.74 bits per heavy atom. The van der Waals surface area contributed by atoms with Gasteiger partial charge in [0.25, 0.3) is 0 Å². The second-order valence-electron chi connectivity index (χ2n) is 5.09. The summed E-state index contributed by atoms with van der Waals surface area (Å²) in [5.41, 5.74) is 3.54. The Bertz CT molecular complexity index is 562. The number of para-hydroxylation sites is 1. The number of fused-ring (bicyclic) bond motifs is 1. The summed E-state index contributed by atoms with van der Waals surface area (Å²) in [5.74, 6) is 0. The van der Waals surface area contributed by atoms with Crippen molar-refractivity contribution in [3.8, 4) is 0 Å². The number of halogens is 1. The number of aromatic nitrogens is 1. The van der Waals surface area contributed by atoms with Gasteiger partial charge in [-0.15, -0.1) is 12.4 Å². The molecule has 0 bridgehead atoms. The molecule has 0 N–H and O–H groups in total. The van der Waals surface area contributed by atoms with E-state index in [0.29, 0.717) is 0 Å². The summed E-state index contributed by atoms with van der Waals surface area (Å²) < 4.78 is 0. The Morgan fingerprint density at radius 3 is 2.47 bits per heavy atom. The third-order valence-electron chi connectivity index (χ3n) is 3.67. The highest BCUT2D eigenvalue weighted by molar-refractivity contribution is 5.92. The van der Waals surface area contributed by atoms with Gasteiger partial charge in [-0.2, -0.15) is 0 Å². The largest absolute Gasteiger partial charge is 0.368 e. The Balaban J connectivity index is 0.00000133. The van der Waals surface area contributed by atoms with Crippen molar-refractivity contribution in [2.75, 3.05) is 38.1 Å². The first-order valence-corrected chi connectivity index (χ1v) is 6.54. The van der Waals surface area contributed by atoms with Gasteiger partial charge in [-0.3, -0.25) is 4.98 Å². The van der Waals surface area contributed by atoms with Crippen molar-refractivity contribution in [2.45, 2.75) is 6.92 Å². The van der Waals surface area contributed by atoms with E-state index >= 15 is 0 Å². The summed E-state index contributed by atoms with van der Waals surface area (Å²) >= 11 is 0. The van der Waals surface area contributed by atoms with Gasteiger partial charge in [-0.25, -0.2) is 0 Å². The fourth-order valence-corrected chi connectivity index (χ4v) is 2.59. The summed E-state index contributed by atoms with van der Waals surface area (Å²) in [6.45, 7) is 6.55. The first-order chi connectivity index (χ1) is 8.74. The van der Waals surface area contributed by atoms with E-state index in [1.165, 1.54) is 11.1 Å². The first kappa shape index (κ1) is 14.1. The lowest BCUT2D eigenvalue weighted by Crippen LogP contribution is -2.44. The molecule has 2 heterocycles. The van der Waals surface area contributed by atoms with Crippen molar-refractivity contribution < 1.29 is 0 Å². The molecule has 0 aliphatic carbocycles. The summed E-state index contributed by atoms with van der Waals surface area (Å²) in [7, 11) is 2.19. The molecule has 3 nitrogen and oxygen atoms in total. The third-order valence-corrected chi connectivity index (χ3v) is 3.67. The number of pyridine rings is 1. The van der Waals surface area contributed by atoms with E-state index in [1.54, 1.807) is 0 Å². The van der Waals surface area contributed by atoms with Crippen molar-refractivity contribution in [2.24, 2.45) is 0 Å². The summed E-state index contributed by atoms with van der Waals surface area (Å²) in [6, 6.07) is 10.6. The zero-order chi connectivity index (χ0) is 12.5. The maximum Gasteiger partial charge on any atom is 0.0726 e. The minimum absolute atomic E-state index is 0. The van der Waals surface area contributed by atoms with Crippen LogP contribution in [-0.4, -0.2) is 43.1 Å². The molecule has 0 spiro atoms. The van der Waals surface area contributed by atoms with E-state index in [9.17, 15) is 0 Å². The lowest BCUT2D eigenvalue weighted by molar-refractivity contribution is 0.313. The van der Waals surface area contributed by atoms with Gasteiger partial charge in [-0.1, -0.05) is 18.2 Å². The molecule has 1 aromatic carbocycles. The monoisotopic (exact) mass is 277 g/mol. The topological polar surface area (TPSA) is 19.4 Å². The standard InChI is InChI=1S/C15H19N3.ClH/c1-12-11-15(18-9-7-17(2)8-10-18)13-5-3-4-6-14(13)16-12;/h3-6,11H,7-10H2,1-2H3;1H. The van der Waals surface area contributed by atoms with Gasteiger partial charge in [0.1, 0.15) is 0 Å². The van der Waals surface area contributed by atoms with Crippen LogP contribution in [0.5, 0.6) is 0 Å². The van der Waals surface area contributed by atoms with E-state index in [4.69, 9.17) is 0 Å². The quantitative estimate of drug-likeness (QED) is 0.799. The van der Waals surface area contributed by atoms with Crippen LogP contribution in [0, 0.1) is 6.92 Å². The number of hydrogen-bond donors (Lipinski definition) is 0. The second-order valence-corrected chi connectivity index (χ2v) is 5.09. The Morgan fingerprint density at radius 1 is 1.05 bits per heavy atom. The molecular weight excluding hydrogens is 258 g/mol. The van der Waals surface area contributed by atoms with Crippen molar-refractivity contribution >= 4 is 29.0 Å². The molecule has 19 heavy (non-hydrogen) atoms. The highest BCUT2D eigenvalue weighted by Gasteiger charge is 2.16. The van der Waals surface area contributed by atoms with Crippen LogP contribution in [0.25, 0.3) is 10.9 Å². The Kier molecular flexibility index (Phi) is 4.27. The molecule has 1 saturated heterocycles. The fourth-order valence-electron chi connectivity index (χ4n) is 2.59. The molecule has 0 atom stereocenters. The Labute approximate surface area is 120 Å². The van der Waals surface area contributed by atoms with Crippen LogP contribution < -0.4 is 4.90 Å². The molecule has 1 aromatic heterocycles. The van der Waals surface area contributed by atoms with Gasteiger partial charge in [0.2, 0.25) is 0 Å². The average molecular weight is 278 g/mol. The number of piperazine rings is 1. The molecule has 0 amide bonds. The van der Waals surface area contributed by atoms with Crippen molar-refractivity contribution in [3.63, 3.8) is 0 Å². The molecule has 1 fully saturated rings. The van der Waals surface area contributed by atoms with Crippen LogP contribution in [0.1, 0.15) is 5.69 Å². The molecule has 4 heteroatoms. The highest BCUT2D eigenvalue weighted by Crippen LogP contribution is 2.27. The molecule has 102 valence electrons. The van der Waals surface area contributed by atoms with E-state index in [-0.39, 0.29) is 12.4 Å². The molecule has 1 aliphatic heterocycles. The number of rotatable bonds is 1. The molecule has 1 aliphatic rings. The van der Waals surface area contributed by atoms with Gasteiger partial charge in [0.05, 0.1) is 5.52 Å². The zero-order valence-corrected chi connectivity index (χ0v) is 12.3. The number of anilines is 1. The predicted molar refractivity (Wildman–Crippen MR) is 83.4 cm³/mol. The zero-order valence-electron chi connectivity index (χ0n) is 11.5. The first-order valence-electron chi connectivity index (χ1n) is 6.54. The predicted octanol–water partition coefficient (Wildman–Crippen LogP) is 2.72. The summed E-state index contributed by atoms with van der Waals surface area (Å²) in [5, 5.41) is 1.27. The van der Waals surface area contributed by atoms with Gasteiger partial charge < -0.3 is 9.80 Å². The molecule has 2 aromatic rings. The number of aryl methyl sites for hydroxylation is 1. The average Bonchev–Trinajstić information content (AvgIpc) is 2.38. The summed E-state index contributed by atoms with van der Waals surface area (Å²) in [4.78, 5) is 9.47. The van der Waals surface area contributed by atoms with Crippen molar-refractivity contribution in [1.29, 1.82) is 0 Å². The van der Waals surface area contributed by atoms with Gasteiger partial charge in [0.15, 0.2) is 0 Å². The van der Waals surface area contributed by atoms with Crippen LogP contribution in [0.4, 0.5) is 5.69 Å². The highest BCUT2D eigenvalue weighted by atomic mass is 35.5. The number of hydrogen-bond acceptors (Lipinski definition) is 3. The van der Waals surface area contributed by atoms with E-state index in [2.05, 4.69) is 59.1 Å². The molecule has 3 rings (SSSR count). The van der Waals surface area contributed by atoms with Crippen LogP contribution in [-0.2, 0) is 0 Å². The van der Waals surface area contributed by atoms with Gasteiger partial charge in [-0.05, 0) is 26.1 Å². The van der Waals surface area contributed by atoms with Crippen molar-refractivity contribution in [1.82, 2.24) is 9.88 Å². The smallest absolute Gasteiger partial charge is 0.0726 e. The van der Waals surface area contributed by atoms with E-state index in [1.807, 2.05) is 0 Å². The minimum Gasteiger partial charge on any atom is -0.368 e.